The van der Waals surface area contributed by atoms with E-state index in [0.29, 0.717) is 22.6 Å². The van der Waals surface area contributed by atoms with Crippen LogP contribution >= 0.6 is 0 Å². The Hall–Kier alpha value is -2.49. The molecule has 0 bridgehead atoms. The Morgan fingerprint density at radius 1 is 0.929 bits per heavy atom. The minimum atomic E-state index is -1.43. The Morgan fingerprint density at radius 2 is 1.50 bits per heavy atom. The number of aliphatic hydroxyl groups excluding tert-OH is 4. The van der Waals surface area contributed by atoms with Crippen molar-refractivity contribution >= 4 is 5.97 Å². The van der Waals surface area contributed by atoms with Gasteiger partial charge in [0.15, 0.2) is 0 Å². The van der Waals surface area contributed by atoms with Gasteiger partial charge in [0.1, 0.15) is 42.0 Å². The number of methoxy groups -OCH3 is 1. The van der Waals surface area contributed by atoms with Gasteiger partial charge in [0.25, 0.3) is 0 Å². The van der Waals surface area contributed by atoms with Crippen molar-refractivity contribution in [3.8, 4) is 11.5 Å². The lowest BCUT2D eigenvalue weighted by Crippen LogP contribution is -2.55. The van der Waals surface area contributed by atoms with E-state index < -0.39 is 43.1 Å². The van der Waals surface area contributed by atoms with E-state index in [4.69, 9.17) is 9.47 Å². The minimum absolute atomic E-state index is 0.410. The molecule has 1 fully saturated rings. The molecule has 0 aliphatic carbocycles. The first-order valence-electron chi connectivity index (χ1n) is 8.71. The summed E-state index contributed by atoms with van der Waals surface area (Å²) in [6, 6.07) is 13.1. The van der Waals surface area contributed by atoms with Gasteiger partial charge in [0.2, 0.25) is 0 Å². The summed E-state index contributed by atoms with van der Waals surface area (Å²) in [5.74, 6) is 0.600. The zero-order valence-corrected chi connectivity index (χ0v) is 15.1. The predicted octanol–water partition coefficient (Wildman–Crippen LogP) is 0.780. The largest absolute Gasteiger partial charge is 0.465 e. The van der Waals surface area contributed by atoms with E-state index in [0.717, 1.165) is 0 Å². The molecule has 150 valence electrons. The van der Waals surface area contributed by atoms with Crippen LogP contribution in [0.1, 0.15) is 22.0 Å². The summed E-state index contributed by atoms with van der Waals surface area (Å²) in [7, 11) is 1.31. The Balaban J connectivity index is 1.70. The average Bonchev–Trinajstić information content (AvgIpc) is 2.73. The number of aliphatic hydroxyl groups is 4. The Kier molecular flexibility index (Phi) is 6.28. The van der Waals surface area contributed by atoms with Crippen LogP contribution in [-0.2, 0) is 9.47 Å². The summed E-state index contributed by atoms with van der Waals surface area (Å²) in [5.41, 5.74) is 0.970. The molecule has 1 heterocycles. The number of carbonyl (C=O) groups is 1. The fraction of sp³-hybridized carbons (Fsp3) is 0.350. The molecule has 8 nitrogen and oxygen atoms in total. The maximum atomic E-state index is 11.4. The van der Waals surface area contributed by atoms with Crippen LogP contribution in [0.15, 0.2) is 48.5 Å². The molecule has 0 spiro atoms. The molecule has 1 saturated heterocycles. The fourth-order valence-electron chi connectivity index (χ4n) is 3.02. The van der Waals surface area contributed by atoms with Gasteiger partial charge >= 0.3 is 5.97 Å². The predicted molar refractivity (Wildman–Crippen MR) is 97.0 cm³/mol. The van der Waals surface area contributed by atoms with Gasteiger partial charge in [0.05, 0.1) is 19.3 Å². The first-order valence-corrected chi connectivity index (χ1v) is 8.71. The Morgan fingerprint density at radius 3 is 2.04 bits per heavy atom. The van der Waals surface area contributed by atoms with Crippen LogP contribution in [0.25, 0.3) is 0 Å². The van der Waals surface area contributed by atoms with Crippen molar-refractivity contribution < 1.29 is 39.4 Å². The number of ether oxygens (including phenoxy) is 3. The topological polar surface area (TPSA) is 126 Å². The molecule has 5 atom stereocenters. The molecule has 4 N–H and O–H groups in total. The second-order valence-corrected chi connectivity index (χ2v) is 6.44. The third-order valence-corrected chi connectivity index (χ3v) is 4.61. The van der Waals surface area contributed by atoms with Crippen molar-refractivity contribution in [3.05, 3.63) is 59.7 Å². The monoisotopic (exact) mass is 390 g/mol. The van der Waals surface area contributed by atoms with Gasteiger partial charge in [-0.05, 0) is 42.0 Å². The number of esters is 1. The molecule has 0 aromatic heterocycles. The van der Waals surface area contributed by atoms with Crippen LogP contribution in [0.5, 0.6) is 11.5 Å². The maximum absolute atomic E-state index is 11.4. The molecule has 28 heavy (non-hydrogen) atoms. The van der Waals surface area contributed by atoms with Crippen molar-refractivity contribution in [2.75, 3.05) is 13.7 Å². The van der Waals surface area contributed by atoms with Crippen molar-refractivity contribution in [2.24, 2.45) is 0 Å². The van der Waals surface area contributed by atoms with Crippen molar-refractivity contribution in [2.45, 2.75) is 30.5 Å². The maximum Gasteiger partial charge on any atom is 0.337 e. The van der Waals surface area contributed by atoms with E-state index in [1.54, 1.807) is 48.5 Å². The van der Waals surface area contributed by atoms with E-state index in [1.165, 1.54) is 7.11 Å². The zero-order chi connectivity index (χ0) is 20.3. The first-order chi connectivity index (χ1) is 13.4. The lowest BCUT2D eigenvalue weighted by molar-refractivity contribution is -0.231. The summed E-state index contributed by atoms with van der Waals surface area (Å²) in [6.07, 6.45) is -6.03. The first kappa shape index (κ1) is 20.2. The van der Waals surface area contributed by atoms with Crippen LogP contribution in [0.2, 0.25) is 0 Å². The van der Waals surface area contributed by atoms with E-state index in [-0.39, 0.29) is 0 Å². The molecule has 0 radical (unpaired) electrons. The normalized spacial score (nSPS) is 27.2. The number of carbonyl (C=O) groups excluding carboxylic acids is 1. The highest BCUT2D eigenvalue weighted by Gasteiger charge is 2.43. The average molecular weight is 390 g/mol. The van der Waals surface area contributed by atoms with Gasteiger partial charge in [-0.15, -0.1) is 0 Å². The van der Waals surface area contributed by atoms with Crippen LogP contribution in [-0.4, -0.2) is 64.5 Å². The number of hydrogen-bond acceptors (Lipinski definition) is 8. The third kappa shape index (κ3) is 4.16. The summed E-state index contributed by atoms with van der Waals surface area (Å²) >= 11 is 0. The summed E-state index contributed by atoms with van der Waals surface area (Å²) < 4.78 is 15.9. The number of hydrogen-bond donors (Lipinski definition) is 4. The van der Waals surface area contributed by atoms with Gasteiger partial charge in [-0.3, -0.25) is 0 Å². The summed E-state index contributed by atoms with van der Waals surface area (Å²) in [5, 5.41) is 39.2. The molecule has 3 unspecified atom stereocenters. The summed E-state index contributed by atoms with van der Waals surface area (Å²) in [6.45, 7) is -0.482. The molecule has 1 aliphatic rings. The third-order valence-electron chi connectivity index (χ3n) is 4.61. The van der Waals surface area contributed by atoms with Gasteiger partial charge < -0.3 is 34.6 Å². The van der Waals surface area contributed by atoms with Gasteiger partial charge in [-0.25, -0.2) is 4.79 Å². The Labute approximate surface area is 161 Å². The fourth-order valence-corrected chi connectivity index (χ4v) is 3.02. The molecule has 0 saturated carbocycles. The van der Waals surface area contributed by atoms with Gasteiger partial charge in [-0.1, -0.05) is 12.1 Å². The molecule has 0 amide bonds. The van der Waals surface area contributed by atoms with Gasteiger partial charge in [0, 0.05) is 0 Å². The highest BCUT2D eigenvalue weighted by atomic mass is 16.5. The molecular formula is C20H22O8. The van der Waals surface area contributed by atoms with E-state index in [1.807, 2.05) is 0 Å². The van der Waals surface area contributed by atoms with Crippen molar-refractivity contribution in [3.63, 3.8) is 0 Å². The molecule has 2 aromatic carbocycles. The highest BCUT2D eigenvalue weighted by Crippen LogP contribution is 2.33. The lowest BCUT2D eigenvalue weighted by atomic mass is 9.91. The number of benzene rings is 2. The highest BCUT2D eigenvalue weighted by molar-refractivity contribution is 5.89. The molecule has 3 rings (SSSR count). The van der Waals surface area contributed by atoms with Crippen LogP contribution in [0.4, 0.5) is 0 Å². The Bertz CT molecular complexity index is 787. The quantitative estimate of drug-likeness (QED) is 0.552. The summed E-state index contributed by atoms with van der Waals surface area (Å²) in [4.78, 5) is 11.4. The molecule has 8 heteroatoms. The zero-order valence-electron chi connectivity index (χ0n) is 15.1. The molecular weight excluding hydrogens is 368 g/mol. The molecule has 1 aliphatic heterocycles. The standard InChI is InChI=1S/C20H22O8/c1-26-20(25)12-4-8-14(9-5-12)27-13-6-2-11(3-7-13)19-18(24)17(23)16(22)15(10-21)28-19/h2-9,15-19,21-24H,10H2,1H3/t15?,16-,17?,18?,19-/m1/s1. The minimum Gasteiger partial charge on any atom is -0.465 e. The van der Waals surface area contributed by atoms with Gasteiger partial charge in [-0.2, -0.15) is 0 Å². The van der Waals surface area contributed by atoms with Crippen LogP contribution in [0.3, 0.4) is 0 Å². The SMILES string of the molecule is COC(=O)c1ccc(Oc2ccc([C@H]3OC(CO)[C@@H](O)C(O)C3O)cc2)cc1. The van der Waals surface area contributed by atoms with E-state index in [2.05, 4.69) is 4.74 Å². The lowest BCUT2D eigenvalue weighted by Gasteiger charge is -2.40. The van der Waals surface area contributed by atoms with E-state index in [9.17, 15) is 25.2 Å². The second kappa shape index (κ2) is 8.68. The van der Waals surface area contributed by atoms with Crippen molar-refractivity contribution in [1.82, 2.24) is 0 Å². The van der Waals surface area contributed by atoms with Crippen LogP contribution < -0.4 is 4.74 Å². The van der Waals surface area contributed by atoms with Crippen molar-refractivity contribution in [1.29, 1.82) is 0 Å². The molecule has 2 aromatic rings. The van der Waals surface area contributed by atoms with E-state index >= 15 is 0 Å². The smallest absolute Gasteiger partial charge is 0.337 e. The second-order valence-electron chi connectivity index (χ2n) is 6.44. The van der Waals surface area contributed by atoms with Crippen LogP contribution in [0, 0.1) is 0 Å². The number of rotatable bonds is 5.